The molecule has 0 saturated heterocycles. The second-order valence-corrected chi connectivity index (χ2v) is 5.58. The van der Waals surface area contributed by atoms with Crippen molar-refractivity contribution in [3.63, 3.8) is 0 Å². The Bertz CT molecular complexity index is 1030. The highest BCUT2D eigenvalue weighted by atomic mass is 16.2. The van der Waals surface area contributed by atoms with Crippen molar-refractivity contribution in [3.8, 4) is 0 Å². The molecule has 6 heteroatoms. The first-order chi connectivity index (χ1) is 12.8. The van der Waals surface area contributed by atoms with Crippen LogP contribution in [0.15, 0.2) is 90.4 Å². The van der Waals surface area contributed by atoms with Gasteiger partial charge in [0.15, 0.2) is 5.65 Å². The zero-order chi connectivity index (χ0) is 17.8. The molecule has 0 radical (unpaired) electrons. The van der Waals surface area contributed by atoms with Gasteiger partial charge in [0, 0.05) is 23.5 Å². The van der Waals surface area contributed by atoms with Crippen LogP contribution in [0.2, 0.25) is 0 Å². The summed E-state index contributed by atoms with van der Waals surface area (Å²) in [6.45, 7) is 0. The number of hydrogen-bond donors (Lipinski definition) is 1. The van der Waals surface area contributed by atoms with Crippen LogP contribution < -0.4 is 5.43 Å². The Kier molecular flexibility index (Phi) is 4.22. The normalized spacial score (nSPS) is 10.5. The smallest absolute Gasteiger partial charge is 0.267 e. The number of hydrogen-bond acceptors (Lipinski definition) is 4. The van der Waals surface area contributed by atoms with E-state index < -0.39 is 0 Å². The largest absolute Gasteiger partial charge is 0.276 e. The van der Waals surface area contributed by atoms with Gasteiger partial charge >= 0.3 is 0 Å². The standard InChI is InChI=1S/C20H15N5O/c26-20(17-14-22-25-13-7-12-21-19(17)25)24-23-18(15-8-3-1-4-9-15)16-10-5-2-6-11-16/h1-14H,(H,24,26). The van der Waals surface area contributed by atoms with E-state index in [9.17, 15) is 4.79 Å². The van der Waals surface area contributed by atoms with Crippen LogP contribution >= 0.6 is 0 Å². The molecular weight excluding hydrogens is 326 g/mol. The Balaban J connectivity index is 1.68. The SMILES string of the molecule is O=C(NN=C(c1ccccc1)c1ccccc1)c1cnn2cccnc12. The monoisotopic (exact) mass is 341 g/mol. The lowest BCUT2D eigenvalue weighted by Gasteiger charge is -2.07. The number of aromatic nitrogens is 3. The summed E-state index contributed by atoms with van der Waals surface area (Å²) in [5.41, 5.74) is 6.00. The highest BCUT2D eigenvalue weighted by molar-refractivity contribution is 6.13. The predicted octanol–water partition coefficient (Wildman–Crippen LogP) is 2.91. The maximum Gasteiger partial charge on any atom is 0.276 e. The number of fused-ring (bicyclic) bond motifs is 1. The zero-order valence-electron chi connectivity index (χ0n) is 13.8. The molecule has 4 aromatic rings. The molecule has 0 saturated carbocycles. The van der Waals surface area contributed by atoms with Gasteiger partial charge in [0.2, 0.25) is 0 Å². The van der Waals surface area contributed by atoms with Gasteiger partial charge in [-0.25, -0.2) is 14.9 Å². The van der Waals surface area contributed by atoms with Crippen molar-refractivity contribution >= 4 is 17.3 Å². The van der Waals surface area contributed by atoms with Crippen molar-refractivity contribution < 1.29 is 4.79 Å². The van der Waals surface area contributed by atoms with E-state index in [2.05, 4.69) is 20.6 Å². The highest BCUT2D eigenvalue weighted by Crippen LogP contribution is 2.11. The minimum absolute atomic E-state index is 0.358. The number of amides is 1. The number of benzene rings is 2. The Morgan fingerprint density at radius 2 is 1.58 bits per heavy atom. The molecule has 26 heavy (non-hydrogen) atoms. The lowest BCUT2D eigenvalue weighted by atomic mass is 10.0. The van der Waals surface area contributed by atoms with E-state index >= 15 is 0 Å². The maximum absolute atomic E-state index is 12.6. The van der Waals surface area contributed by atoms with Gasteiger partial charge < -0.3 is 0 Å². The number of carbonyl (C=O) groups is 1. The van der Waals surface area contributed by atoms with E-state index in [0.29, 0.717) is 16.9 Å². The fourth-order valence-corrected chi connectivity index (χ4v) is 2.64. The van der Waals surface area contributed by atoms with E-state index in [-0.39, 0.29) is 5.91 Å². The molecule has 2 aromatic heterocycles. The van der Waals surface area contributed by atoms with Crippen molar-refractivity contribution in [3.05, 3.63) is 102 Å². The Morgan fingerprint density at radius 3 is 2.23 bits per heavy atom. The second-order valence-electron chi connectivity index (χ2n) is 5.58. The van der Waals surface area contributed by atoms with Crippen LogP contribution in [0.25, 0.3) is 5.65 Å². The van der Waals surface area contributed by atoms with Crippen LogP contribution in [0.3, 0.4) is 0 Å². The third-order valence-corrected chi connectivity index (χ3v) is 3.89. The second kappa shape index (κ2) is 6.98. The van der Waals surface area contributed by atoms with Crippen molar-refractivity contribution in [1.29, 1.82) is 0 Å². The number of carbonyl (C=O) groups excluding carboxylic acids is 1. The molecule has 1 N–H and O–H groups in total. The van der Waals surface area contributed by atoms with Crippen LogP contribution in [0.1, 0.15) is 21.5 Å². The zero-order valence-corrected chi connectivity index (χ0v) is 13.8. The summed E-state index contributed by atoms with van der Waals surface area (Å²) >= 11 is 0. The Morgan fingerprint density at radius 1 is 0.923 bits per heavy atom. The summed E-state index contributed by atoms with van der Waals surface area (Å²) in [4.78, 5) is 16.8. The lowest BCUT2D eigenvalue weighted by Crippen LogP contribution is -2.20. The van der Waals surface area contributed by atoms with Crippen LogP contribution in [0, 0.1) is 0 Å². The van der Waals surface area contributed by atoms with Crippen molar-refractivity contribution in [1.82, 2.24) is 20.0 Å². The lowest BCUT2D eigenvalue weighted by molar-refractivity contribution is 0.0956. The van der Waals surface area contributed by atoms with Crippen molar-refractivity contribution in [2.45, 2.75) is 0 Å². The van der Waals surface area contributed by atoms with Crippen molar-refractivity contribution in [2.24, 2.45) is 5.10 Å². The molecule has 1 amide bonds. The van der Waals surface area contributed by atoms with Gasteiger partial charge in [-0.2, -0.15) is 10.2 Å². The van der Waals surface area contributed by atoms with Crippen LogP contribution in [0.5, 0.6) is 0 Å². The molecule has 0 aliphatic rings. The Labute approximate surface area is 149 Å². The third-order valence-electron chi connectivity index (χ3n) is 3.89. The average Bonchev–Trinajstić information content (AvgIpc) is 3.14. The van der Waals surface area contributed by atoms with Crippen molar-refractivity contribution in [2.75, 3.05) is 0 Å². The fraction of sp³-hybridized carbons (Fsp3) is 0. The molecular formula is C20H15N5O. The third kappa shape index (κ3) is 3.08. The summed E-state index contributed by atoms with van der Waals surface area (Å²) in [5.74, 6) is -0.358. The van der Waals surface area contributed by atoms with Crippen LogP contribution in [-0.4, -0.2) is 26.2 Å². The number of nitrogens with one attached hydrogen (secondary N) is 1. The van der Waals surface area contributed by atoms with E-state index in [1.165, 1.54) is 6.20 Å². The summed E-state index contributed by atoms with van der Waals surface area (Å²) in [7, 11) is 0. The number of rotatable bonds is 4. The first kappa shape index (κ1) is 15.7. The Hall–Kier alpha value is -3.80. The van der Waals surface area contributed by atoms with Crippen LogP contribution in [-0.2, 0) is 0 Å². The molecule has 2 aromatic carbocycles. The van der Waals surface area contributed by atoms with Gasteiger partial charge in [-0.3, -0.25) is 4.79 Å². The highest BCUT2D eigenvalue weighted by Gasteiger charge is 2.14. The minimum Gasteiger partial charge on any atom is -0.267 e. The first-order valence-electron chi connectivity index (χ1n) is 8.10. The predicted molar refractivity (Wildman–Crippen MR) is 99.0 cm³/mol. The van der Waals surface area contributed by atoms with Gasteiger partial charge in [0.1, 0.15) is 5.56 Å². The average molecular weight is 341 g/mol. The summed E-state index contributed by atoms with van der Waals surface area (Å²) in [5, 5.41) is 8.51. The summed E-state index contributed by atoms with van der Waals surface area (Å²) < 4.78 is 1.55. The maximum atomic E-state index is 12.6. The van der Waals surface area contributed by atoms with E-state index in [4.69, 9.17) is 0 Å². The molecule has 4 rings (SSSR count). The van der Waals surface area contributed by atoms with E-state index in [1.54, 1.807) is 23.0 Å². The molecule has 0 atom stereocenters. The summed E-state index contributed by atoms with van der Waals surface area (Å²) in [6.07, 6.45) is 4.84. The molecule has 0 spiro atoms. The molecule has 0 aliphatic carbocycles. The molecule has 0 bridgehead atoms. The molecule has 126 valence electrons. The van der Waals surface area contributed by atoms with Gasteiger partial charge in [-0.1, -0.05) is 60.7 Å². The van der Waals surface area contributed by atoms with Gasteiger partial charge in [0.25, 0.3) is 5.91 Å². The fourth-order valence-electron chi connectivity index (χ4n) is 2.64. The van der Waals surface area contributed by atoms with E-state index in [0.717, 1.165) is 11.1 Å². The summed E-state index contributed by atoms with van der Waals surface area (Å²) in [6, 6.07) is 21.2. The minimum atomic E-state index is -0.358. The molecule has 6 nitrogen and oxygen atoms in total. The number of hydrazone groups is 1. The molecule has 2 heterocycles. The van der Waals surface area contributed by atoms with Crippen LogP contribution in [0.4, 0.5) is 0 Å². The first-order valence-corrected chi connectivity index (χ1v) is 8.10. The molecule has 0 fully saturated rings. The molecule has 0 unspecified atom stereocenters. The quantitative estimate of drug-likeness (QED) is 0.458. The van der Waals surface area contributed by atoms with E-state index in [1.807, 2.05) is 60.7 Å². The topological polar surface area (TPSA) is 71.7 Å². The molecule has 0 aliphatic heterocycles. The van der Waals surface area contributed by atoms with Gasteiger partial charge in [-0.05, 0) is 6.07 Å². The number of nitrogens with zero attached hydrogens (tertiary/aromatic N) is 4. The van der Waals surface area contributed by atoms with Gasteiger partial charge in [-0.15, -0.1) is 0 Å². The van der Waals surface area contributed by atoms with Gasteiger partial charge in [0.05, 0.1) is 11.9 Å².